The zero-order chi connectivity index (χ0) is 13.8. The first-order chi connectivity index (χ1) is 9.11. The molecule has 1 atom stereocenters. The van der Waals surface area contributed by atoms with E-state index in [-0.39, 0.29) is 11.7 Å². The van der Waals surface area contributed by atoms with Gasteiger partial charge >= 0.3 is 0 Å². The zero-order valence-corrected chi connectivity index (χ0v) is 12.5. The molecule has 0 aliphatic carbocycles. The first-order valence-electron chi connectivity index (χ1n) is 6.59. The summed E-state index contributed by atoms with van der Waals surface area (Å²) in [5, 5.41) is 3.39. The van der Waals surface area contributed by atoms with Gasteiger partial charge in [0.05, 0.1) is 4.47 Å². The smallest absolute Gasteiger partial charge is 0.253 e. The van der Waals surface area contributed by atoms with Crippen molar-refractivity contribution in [3.05, 3.63) is 34.1 Å². The minimum Gasteiger partial charge on any atom is -0.337 e. The van der Waals surface area contributed by atoms with Crippen molar-refractivity contribution >= 4 is 21.8 Å². The second-order valence-electron chi connectivity index (χ2n) is 4.77. The average Bonchev–Trinajstić information content (AvgIpc) is 2.91. The van der Waals surface area contributed by atoms with Crippen LogP contribution in [-0.4, -0.2) is 36.5 Å². The zero-order valence-electron chi connectivity index (χ0n) is 11.0. The lowest BCUT2D eigenvalue weighted by Gasteiger charge is -2.24. The quantitative estimate of drug-likeness (QED) is 0.921. The molecule has 1 unspecified atom stereocenters. The SMILES string of the molecule is CCN(CC1CCCN1)C(=O)c1ccc(F)c(Br)c1. The highest BCUT2D eigenvalue weighted by Gasteiger charge is 2.21. The number of likely N-dealkylation sites (N-methyl/N-ethyl adjacent to an activating group) is 1. The van der Waals surface area contributed by atoms with E-state index in [1.165, 1.54) is 18.6 Å². The van der Waals surface area contributed by atoms with E-state index < -0.39 is 0 Å². The molecule has 1 aliphatic heterocycles. The number of rotatable bonds is 4. The first kappa shape index (κ1) is 14.5. The number of amides is 1. The van der Waals surface area contributed by atoms with Crippen LogP contribution >= 0.6 is 15.9 Å². The molecule has 5 heteroatoms. The highest BCUT2D eigenvalue weighted by atomic mass is 79.9. The Morgan fingerprint density at radius 2 is 2.37 bits per heavy atom. The largest absolute Gasteiger partial charge is 0.337 e. The molecule has 1 fully saturated rings. The number of benzene rings is 1. The predicted octanol–water partition coefficient (Wildman–Crippen LogP) is 2.80. The molecule has 2 rings (SSSR count). The van der Waals surface area contributed by atoms with Crippen LogP contribution in [0.5, 0.6) is 0 Å². The van der Waals surface area contributed by atoms with Crippen LogP contribution < -0.4 is 5.32 Å². The van der Waals surface area contributed by atoms with Gasteiger partial charge in [0.25, 0.3) is 5.91 Å². The van der Waals surface area contributed by atoms with Crippen molar-refractivity contribution in [2.24, 2.45) is 0 Å². The molecule has 1 saturated heterocycles. The maximum absolute atomic E-state index is 13.2. The topological polar surface area (TPSA) is 32.3 Å². The van der Waals surface area contributed by atoms with Crippen LogP contribution in [0.25, 0.3) is 0 Å². The molecular formula is C14H18BrFN2O. The Kier molecular flexibility index (Phi) is 4.93. The van der Waals surface area contributed by atoms with Crippen molar-refractivity contribution in [2.45, 2.75) is 25.8 Å². The Morgan fingerprint density at radius 1 is 1.58 bits per heavy atom. The van der Waals surface area contributed by atoms with Crippen molar-refractivity contribution in [3.8, 4) is 0 Å². The van der Waals surface area contributed by atoms with Gasteiger partial charge in [-0.2, -0.15) is 0 Å². The molecule has 104 valence electrons. The molecule has 19 heavy (non-hydrogen) atoms. The van der Waals surface area contributed by atoms with E-state index in [4.69, 9.17) is 0 Å². The Hall–Kier alpha value is -0.940. The highest BCUT2D eigenvalue weighted by molar-refractivity contribution is 9.10. The predicted molar refractivity (Wildman–Crippen MR) is 76.7 cm³/mol. The van der Waals surface area contributed by atoms with Gasteiger partial charge in [0.2, 0.25) is 0 Å². The summed E-state index contributed by atoms with van der Waals surface area (Å²) in [6.45, 7) is 4.36. The number of hydrogen-bond donors (Lipinski definition) is 1. The normalized spacial score (nSPS) is 18.6. The Morgan fingerprint density at radius 3 is 2.95 bits per heavy atom. The van der Waals surface area contributed by atoms with Gasteiger partial charge < -0.3 is 10.2 Å². The van der Waals surface area contributed by atoms with Crippen LogP contribution in [0.2, 0.25) is 0 Å². The van der Waals surface area contributed by atoms with Crippen molar-refractivity contribution in [2.75, 3.05) is 19.6 Å². The van der Waals surface area contributed by atoms with Gasteiger partial charge in [-0.15, -0.1) is 0 Å². The van der Waals surface area contributed by atoms with E-state index in [2.05, 4.69) is 21.2 Å². The molecule has 1 amide bonds. The van der Waals surface area contributed by atoms with Gasteiger partial charge in [0, 0.05) is 24.7 Å². The van der Waals surface area contributed by atoms with Gasteiger partial charge in [0.15, 0.2) is 0 Å². The lowest BCUT2D eigenvalue weighted by Crippen LogP contribution is -2.41. The maximum atomic E-state index is 13.2. The van der Waals surface area contributed by atoms with Crippen LogP contribution in [0, 0.1) is 5.82 Å². The molecule has 1 aromatic carbocycles. The number of carbonyl (C=O) groups excluding carboxylic acids is 1. The van der Waals surface area contributed by atoms with Crippen LogP contribution in [0.3, 0.4) is 0 Å². The molecule has 0 saturated carbocycles. The molecule has 0 radical (unpaired) electrons. The van der Waals surface area contributed by atoms with Gasteiger partial charge in [-0.1, -0.05) is 0 Å². The Bertz CT molecular complexity index is 461. The molecule has 1 aliphatic rings. The molecular weight excluding hydrogens is 311 g/mol. The van der Waals surface area contributed by atoms with Gasteiger partial charge in [-0.3, -0.25) is 4.79 Å². The summed E-state index contributed by atoms with van der Waals surface area (Å²) in [5.74, 6) is -0.394. The fraction of sp³-hybridized carbons (Fsp3) is 0.500. The molecule has 0 aromatic heterocycles. The Balaban J connectivity index is 2.08. The van der Waals surface area contributed by atoms with Gasteiger partial charge in [0.1, 0.15) is 5.82 Å². The highest BCUT2D eigenvalue weighted by Crippen LogP contribution is 2.18. The van der Waals surface area contributed by atoms with Crippen LogP contribution in [0.1, 0.15) is 30.1 Å². The summed E-state index contributed by atoms with van der Waals surface area (Å²) in [5.41, 5.74) is 0.521. The van der Waals surface area contributed by atoms with Gasteiger partial charge in [-0.25, -0.2) is 4.39 Å². The van der Waals surface area contributed by atoms with Crippen molar-refractivity contribution in [1.82, 2.24) is 10.2 Å². The van der Waals surface area contributed by atoms with E-state index >= 15 is 0 Å². The first-order valence-corrected chi connectivity index (χ1v) is 7.39. The molecule has 1 N–H and O–H groups in total. The van der Waals surface area contributed by atoms with E-state index in [0.717, 1.165) is 13.0 Å². The third-order valence-electron chi connectivity index (χ3n) is 3.44. The van der Waals surface area contributed by atoms with Crippen molar-refractivity contribution < 1.29 is 9.18 Å². The fourth-order valence-electron chi connectivity index (χ4n) is 2.35. The summed E-state index contributed by atoms with van der Waals surface area (Å²) >= 11 is 3.12. The average molecular weight is 329 g/mol. The standard InChI is InChI=1S/C14H18BrFN2O/c1-2-18(9-11-4-3-7-17-11)14(19)10-5-6-13(16)12(15)8-10/h5-6,8,11,17H,2-4,7,9H2,1H3. The van der Waals surface area contributed by atoms with E-state index in [9.17, 15) is 9.18 Å². The second kappa shape index (κ2) is 6.48. The molecule has 3 nitrogen and oxygen atoms in total. The molecule has 0 spiro atoms. The lowest BCUT2D eigenvalue weighted by atomic mass is 10.1. The number of hydrogen-bond acceptors (Lipinski definition) is 2. The summed E-state index contributed by atoms with van der Waals surface area (Å²) < 4.78 is 13.5. The summed E-state index contributed by atoms with van der Waals surface area (Å²) in [4.78, 5) is 14.2. The Labute approximate surface area is 121 Å². The third kappa shape index (κ3) is 3.54. The lowest BCUT2D eigenvalue weighted by molar-refractivity contribution is 0.0751. The number of nitrogens with zero attached hydrogens (tertiary/aromatic N) is 1. The number of nitrogens with one attached hydrogen (secondary N) is 1. The fourth-order valence-corrected chi connectivity index (χ4v) is 2.72. The molecule has 1 heterocycles. The minimum absolute atomic E-state index is 0.0445. The van der Waals surface area contributed by atoms with Crippen LogP contribution in [-0.2, 0) is 0 Å². The van der Waals surface area contributed by atoms with E-state index in [1.807, 2.05) is 11.8 Å². The van der Waals surface area contributed by atoms with Crippen LogP contribution in [0.4, 0.5) is 4.39 Å². The maximum Gasteiger partial charge on any atom is 0.253 e. The van der Waals surface area contributed by atoms with E-state index in [0.29, 0.717) is 29.2 Å². The second-order valence-corrected chi connectivity index (χ2v) is 5.62. The van der Waals surface area contributed by atoms with Gasteiger partial charge in [-0.05, 0) is 60.4 Å². The van der Waals surface area contributed by atoms with E-state index in [1.54, 1.807) is 6.07 Å². The van der Waals surface area contributed by atoms with Crippen molar-refractivity contribution in [1.29, 1.82) is 0 Å². The van der Waals surface area contributed by atoms with Crippen molar-refractivity contribution in [3.63, 3.8) is 0 Å². The molecule has 0 bridgehead atoms. The number of halogens is 2. The van der Waals surface area contributed by atoms with Crippen LogP contribution in [0.15, 0.2) is 22.7 Å². The summed E-state index contributed by atoms with van der Waals surface area (Å²) in [6.07, 6.45) is 2.27. The summed E-state index contributed by atoms with van der Waals surface area (Å²) in [6, 6.07) is 4.78. The summed E-state index contributed by atoms with van der Waals surface area (Å²) in [7, 11) is 0. The molecule has 1 aromatic rings. The minimum atomic E-state index is -0.350. The number of carbonyl (C=O) groups is 1. The monoisotopic (exact) mass is 328 g/mol. The third-order valence-corrected chi connectivity index (χ3v) is 4.05.